The highest BCUT2D eigenvalue weighted by molar-refractivity contribution is 7.99. The lowest BCUT2D eigenvalue weighted by Crippen LogP contribution is -2.14. The van der Waals surface area contributed by atoms with E-state index in [9.17, 15) is 13.6 Å². The maximum absolute atomic E-state index is 12.1. The van der Waals surface area contributed by atoms with Crippen LogP contribution in [0.2, 0.25) is 0 Å². The SMILES string of the molecule is Cc1cccc(-c2nnc(SCC(=O)Nc3ccc(OC(F)F)cc3)o2)c1. The fourth-order valence-electron chi connectivity index (χ4n) is 2.21. The van der Waals surface area contributed by atoms with Gasteiger partial charge < -0.3 is 14.5 Å². The molecule has 0 fully saturated rings. The lowest BCUT2D eigenvalue weighted by Gasteiger charge is -2.06. The molecular formula is C18H15F2N3O3S. The molecule has 0 radical (unpaired) electrons. The van der Waals surface area contributed by atoms with Crippen LogP contribution in [0, 0.1) is 6.92 Å². The number of alkyl halides is 2. The number of thioether (sulfide) groups is 1. The van der Waals surface area contributed by atoms with Gasteiger partial charge in [0.1, 0.15) is 5.75 Å². The maximum Gasteiger partial charge on any atom is 0.387 e. The highest BCUT2D eigenvalue weighted by Crippen LogP contribution is 2.24. The monoisotopic (exact) mass is 391 g/mol. The van der Waals surface area contributed by atoms with E-state index in [1.807, 2.05) is 31.2 Å². The van der Waals surface area contributed by atoms with Gasteiger partial charge in [-0.3, -0.25) is 4.79 Å². The van der Waals surface area contributed by atoms with Crippen molar-refractivity contribution in [2.24, 2.45) is 0 Å². The Morgan fingerprint density at radius 2 is 2.00 bits per heavy atom. The zero-order valence-electron chi connectivity index (χ0n) is 14.2. The molecule has 6 nitrogen and oxygen atoms in total. The molecular weight excluding hydrogens is 376 g/mol. The van der Waals surface area contributed by atoms with Gasteiger partial charge in [-0.15, -0.1) is 10.2 Å². The molecule has 27 heavy (non-hydrogen) atoms. The van der Waals surface area contributed by atoms with E-state index in [4.69, 9.17) is 4.42 Å². The van der Waals surface area contributed by atoms with Crippen molar-refractivity contribution in [3.63, 3.8) is 0 Å². The summed E-state index contributed by atoms with van der Waals surface area (Å²) in [6.07, 6.45) is 0. The minimum atomic E-state index is -2.89. The Morgan fingerprint density at radius 3 is 2.70 bits per heavy atom. The third-order valence-corrected chi connectivity index (χ3v) is 4.18. The van der Waals surface area contributed by atoms with E-state index in [0.717, 1.165) is 22.9 Å². The fourth-order valence-corrected chi connectivity index (χ4v) is 2.77. The van der Waals surface area contributed by atoms with E-state index in [-0.39, 0.29) is 22.6 Å². The number of anilines is 1. The van der Waals surface area contributed by atoms with Crippen LogP contribution in [0.4, 0.5) is 14.5 Å². The molecule has 0 saturated carbocycles. The number of hydrogen-bond acceptors (Lipinski definition) is 6. The van der Waals surface area contributed by atoms with Crippen LogP contribution in [-0.2, 0) is 4.79 Å². The molecule has 140 valence electrons. The molecule has 1 N–H and O–H groups in total. The molecule has 3 rings (SSSR count). The quantitative estimate of drug-likeness (QED) is 0.603. The van der Waals surface area contributed by atoms with Crippen molar-refractivity contribution < 1.29 is 22.7 Å². The molecule has 2 aromatic carbocycles. The van der Waals surface area contributed by atoms with Gasteiger partial charge in [-0.25, -0.2) is 0 Å². The van der Waals surface area contributed by atoms with Crippen molar-refractivity contribution in [2.75, 3.05) is 11.1 Å². The average Bonchev–Trinajstić information content (AvgIpc) is 3.10. The molecule has 1 aromatic heterocycles. The second-order valence-corrected chi connectivity index (χ2v) is 6.41. The number of rotatable bonds is 7. The van der Waals surface area contributed by atoms with Crippen molar-refractivity contribution in [2.45, 2.75) is 18.8 Å². The highest BCUT2D eigenvalue weighted by Gasteiger charge is 2.12. The minimum Gasteiger partial charge on any atom is -0.435 e. The van der Waals surface area contributed by atoms with Crippen molar-refractivity contribution in [3.05, 3.63) is 54.1 Å². The molecule has 0 atom stereocenters. The number of amides is 1. The average molecular weight is 391 g/mol. The first-order valence-electron chi connectivity index (χ1n) is 7.87. The van der Waals surface area contributed by atoms with E-state index < -0.39 is 6.61 Å². The molecule has 0 bridgehead atoms. The Kier molecular flexibility index (Phi) is 6.02. The van der Waals surface area contributed by atoms with Gasteiger partial charge in [0.15, 0.2) is 0 Å². The minimum absolute atomic E-state index is 0.0203. The molecule has 0 aliphatic rings. The number of hydrogen-bond donors (Lipinski definition) is 1. The number of benzene rings is 2. The highest BCUT2D eigenvalue weighted by atomic mass is 32.2. The van der Waals surface area contributed by atoms with Crippen LogP contribution >= 0.6 is 11.8 Å². The molecule has 0 aliphatic carbocycles. The zero-order chi connectivity index (χ0) is 19.2. The lowest BCUT2D eigenvalue weighted by atomic mass is 10.1. The second kappa shape index (κ2) is 8.63. The largest absolute Gasteiger partial charge is 0.435 e. The summed E-state index contributed by atoms with van der Waals surface area (Å²) < 4.78 is 34.0. The molecule has 3 aromatic rings. The van der Waals surface area contributed by atoms with Crippen molar-refractivity contribution >= 4 is 23.4 Å². The zero-order valence-corrected chi connectivity index (χ0v) is 15.0. The van der Waals surface area contributed by atoms with E-state index in [1.54, 1.807) is 0 Å². The molecule has 0 unspecified atom stereocenters. The maximum atomic E-state index is 12.1. The van der Waals surface area contributed by atoms with Gasteiger partial charge in [0.25, 0.3) is 5.22 Å². The van der Waals surface area contributed by atoms with Crippen LogP contribution in [0.5, 0.6) is 5.75 Å². The summed E-state index contributed by atoms with van der Waals surface area (Å²) in [6.45, 7) is -0.924. The van der Waals surface area contributed by atoms with Gasteiger partial charge in [0.05, 0.1) is 5.75 Å². The van der Waals surface area contributed by atoms with Crippen LogP contribution in [0.25, 0.3) is 11.5 Å². The number of carbonyl (C=O) groups is 1. The Hall–Kier alpha value is -2.94. The van der Waals surface area contributed by atoms with Gasteiger partial charge in [0, 0.05) is 11.3 Å². The van der Waals surface area contributed by atoms with E-state index in [1.165, 1.54) is 24.3 Å². The predicted octanol–water partition coefficient (Wildman–Crippen LogP) is 4.38. The molecule has 0 spiro atoms. The summed E-state index contributed by atoms with van der Waals surface area (Å²) in [4.78, 5) is 12.0. The molecule has 9 heteroatoms. The molecule has 1 heterocycles. The smallest absolute Gasteiger partial charge is 0.387 e. The summed E-state index contributed by atoms with van der Waals surface area (Å²) >= 11 is 1.10. The number of nitrogens with one attached hydrogen (secondary N) is 1. The van der Waals surface area contributed by atoms with Gasteiger partial charge in [0.2, 0.25) is 11.8 Å². The summed E-state index contributed by atoms with van der Waals surface area (Å²) in [7, 11) is 0. The first-order chi connectivity index (χ1) is 13.0. The Bertz CT molecular complexity index is 916. The topological polar surface area (TPSA) is 77.2 Å². The number of aryl methyl sites for hydroxylation is 1. The van der Waals surface area contributed by atoms with E-state index in [0.29, 0.717) is 11.6 Å². The number of nitrogens with zero attached hydrogens (tertiary/aromatic N) is 2. The van der Waals surface area contributed by atoms with Gasteiger partial charge >= 0.3 is 6.61 Å². The summed E-state index contributed by atoms with van der Waals surface area (Å²) in [5.74, 6) is 0.172. The lowest BCUT2D eigenvalue weighted by molar-refractivity contribution is -0.113. The third kappa shape index (κ3) is 5.52. The van der Waals surface area contributed by atoms with Crippen LogP contribution in [-0.4, -0.2) is 28.5 Å². The summed E-state index contributed by atoms with van der Waals surface area (Å²) in [6, 6.07) is 13.3. The van der Waals surface area contributed by atoms with Gasteiger partial charge in [-0.1, -0.05) is 29.5 Å². The second-order valence-electron chi connectivity index (χ2n) is 5.48. The van der Waals surface area contributed by atoms with Crippen LogP contribution < -0.4 is 10.1 Å². The van der Waals surface area contributed by atoms with Gasteiger partial charge in [-0.2, -0.15) is 8.78 Å². The number of halogens is 2. The van der Waals surface area contributed by atoms with E-state index >= 15 is 0 Å². The van der Waals surface area contributed by atoms with Crippen molar-refractivity contribution in [1.82, 2.24) is 10.2 Å². The van der Waals surface area contributed by atoms with E-state index in [2.05, 4.69) is 20.3 Å². The summed E-state index contributed by atoms with van der Waals surface area (Å²) in [5.41, 5.74) is 2.35. The van der Waals surface area contributed by atoms with Crippen molar-refractivity contribution in [3.8, 4) is 17.2 Å². The third-order valence-electron chi connectivity index (χ3n) is 3.36. The Balaban J connectivity index is 1.52. The van der Waals surface area contributed by atoms with Crippen LogP contribution in [0.3, 0.4) is 0 Å². The van der Waals surface area contributed by atoms with Crippen molar-refractivity contribution in [1.29, 1.82) is 0 Å². The van der Waals surface area contributed by atoms with Crippen LogP contribution in [0.1, 0.15) is 5.56 Å². The van der Waals surface area contributed by atoms with Gasteiger partial charge in [-0.05, 0) is 43.3 Å². The van der Waals surface area contributed by atoms with Crippen LogP contribution in [0.15, 0.2) is 58.2 Å². The normalized spacial score (nSPS) is 10.8. The first-order valence-corrected chi connectivity index (χ1v) is 8.86. The molecule has 0 aliphatic heterocycles. The molecule has 0 saturated heterocycles. The fraction of sp³-hybridized carbons (Fsp3) is 0.167. The number of carbonyl (C=O) groups excluding carboxylic acids is 1. The predicted molar refractivity (Wildman–Crippen MR) is 96.9 cm³/mol. The first kappa shape index (κ1) is 18.8. The summed E-state index contributed by atoms with van der Waals surface area (Å²) in [5, 5.41) is 10.8. The molecule has 1 amide bonds. The number of aromatic nitrogens is 2. The Morgan fingerprint density at radius 1 is 1.22 bits per heavy atom. The number of ether oxygens (including phenoxy) is 1. The Labute approximate surface area is 157 Å². The standard InChI is InChI=1S/C18H15F2N3O3S/c1-11-3-2-4-12(9-11)16-22-23-18(26-16)27-10-15(24)21-13-5-7-14(8-6-13)25-17(19)20/h2-9,17H,10H2,1H3,(H,21,24).